The Kier molecular flexibility index (Phi) is 8.13. The predicted molar refractivity (Wildman–Crippen MR) is 162 cm³/mol. The van der Waals surface area contributed by atoms with Crippen LogP contribution in [0.4, 0.5) is 11.5 Å². The van der Waals surface area contributed by atoms with E-state index in [1.807, 2.05) is 37.5 Å². The van der Waals surface area contributed by atoms with Crippen LogP contribution < -0.4 is 14.5 Å². The smallest absolute Gasteiger partial charge is 0.318 e. The van der Waals surface area contributed by atoms with Crippen LogP contribution in [0, 0.1) is 6.57 Å². The number of benzene rings is 1. The number of halogens is 1. The number of rotatable bonds is 9. The number of carbonyl (C=O) groups is 1. The van der Waals surface area contributed by atoms with Crippen LogP contribution in [0.25, 0.3) is 15.6 Å². The molecule has 0 radical (unpaired) electrons. The number of piperazine rings is 1. The first-order valence-corrected chi connectivity index (χ1v) is 14.8. The van der Waals surface area contributed by atoms with E-state index in [0.29, 0.717) is 56.3 Å². The van der Waals surface area contributed by atoms with Gasteiger partial charge in [0.2, 0.25) is 12.5 Å². The Hall–Kier alpha value is -3.94. The first-order chi connectivity index (χ1) is 20.4. The minimum atomic E-state index is -0.257. The van der Waals surface area contributed by atoms with E-state index >= 15 is 0 Å². The number of fused-ring (bicyclic) bond motifs is 2. The molecule has 4 heterocycles. The number of hydrogen-bond donors (Lipinski definition) is 0. The largest absolute Gasteiger partial charge is 0.461 e. The van der Waals surface area contributed by atoms with Crippen LogP contribution in [0.2, 0.25) is 5.02 Å². The molecule has 6 rings (SSSR count). The summed E-state index contributed by atoms with van der Waals surface area (Å²) in [6.07, 6.45) is 8.17. The molecule has 42 heavy (non-hydrogen) atoms. The lowest BCUT2D eigenvalue weighted by molar-refractivity contribution is -0.128. The fourth-order valence-corrected chi connectivity index (χ4v) is 6.09. The van der Waals surface area contributed by atoms with Crippen LogP contribution in [-0.2, 0) is 22.5 Å². The third kappa shape index (κ3) is 5.85. The molecule has 2 fully saturated rings. The number of hydrogen-bond acceptors (Lipinski definition) is 8. The van der Waals surface area contributed by atoms with Crippen molar-refractivity contribution in [2.24, 2.45) is 0 Å². The van der Waals surface area contributed by atoms with Crippen molar-refractivity contribution in [2.45, 2.75) is 51.0 Å². The van der Waals surface area contributed by atoms with Crippen LogP contribution in [0.3, 0.4) is 0 Å². The Morgan fingerprint density at radius 1 is 1.24 bits per heavy atom. The maximum Gasteiger partial charge on any atom is 0.318 e. The number of nitrogens with zero attached hydrogens (tertiary/aromatic N) is 7. The molecule has 1 saturated heterocycles. The van der Waals surface area contributed by atoms with Gasteiger partial charge in [-0.15, -0.1) is 0 Å². The molecule has 2 aromatic heterocycles. The second-order valence-corrected chi connectivity index (χ2v) is 11.5. The number of aromatic nitrogens is 3. The van der Waals surface area contributed by atoms with E-state index in [1.54, 1.807) is 4.90 Å². The zero-order chi connectivity index (χ0) is 29.2. The van der Waals surface area contributed by atoms with Crippen molar-refractivity contribution in [1.29, 1.82) is 0 Å². The minimum Gasteiger partial charge on any atom is -0.461 e. The van der Waals surface area contributed by atoms with E-state index in [4.69, 9.17) is 37.6 Å². The number of amides is 1. The van der Waals surface area contributed by atoms with Crippen molar-refractivity contribution >= 4 is 39.8 Å². The summed E-state index contributed by atoms with van der Waals surface area (Å²) in [5, 5.41) is 2.64. The molecule has 0 spiro atoms. The first kappa shape index (κ1) is 28.2. The molecule has 1 amide bonds. The molecule has 1 aliphatic carbocycles. The van der Waals surface area contributed by atoms with Gasteiger partial charge in [-0.2, -0.15) is 9.97 Å². The molecule has 0 unspecified atom stereocenters. The highest BCUT2D eigenvalue weighted by atomic mass is 35.5. The zero-order valence-electron chi connectivity index (χ0n) is 23.7. The van der Waals surface area contributed by atoms with Crippen LogP contribution >= 0.6 is 11.6 Å². The van der Waals surface area contributed by atoms with Crippen LogP contribution in [0.1, 0.15) is 31.0 Å². The molecule has 11 heteroatoms. The maximum absolute atomic E-state index is 12.5. The molecule has 1 saturated carbocycles. The van der Waals surface area contributed by atoms with Crippen molar-refractivity contribution in [3.63, 3.8) is 0 Å². The fourth-order valence-electron chi connectivity index (χ4n) is 5.81. The van der Waals surface area contributed by atoms with Gasteiger partial charge in [-0.3, -0.25) is 9.78 Å². The third-order valence-corrected chi connectivity index (χ3v) is 8.33. The van der Waals surface area contributed by atoms with Crippen molar-refractivity contribution < 1.29 is 14.3 Å². The standard InChI is InChI=1S/C31H34ClN7O3/c1-4-28(40)39-13-12-38(17-22(39)15-33-3)30-24-10-11-37(27-16-34-14-21-6-5-7-25(32)29(21)27)18-26(24)35-31(36-30)41-19-20(2)42-23-8-9-23/h4-7,14,16,20,22-23H,1,8-13,15,17-19H2,2H3/t20-,22-/m0/s1. The third-order valence-electron chi connectivity index (χ3n) is 8.01. The summed E-state index contributed by atoms with van der Waals surface area (Å²) >= 11 is 6.65. The highest BCUT2D eigenvalue weighted by Crippen LogP contribution is 2.37. The summed E-state index contributed by atoms with van der Waals surface area (Å²) in [6, 6.07) is 5.90. The van der Waals surface area contributed by atoms with Crippen LogP contribution in [0.15, 0.2) is 43.2 Å². The lowest BCUT2D eigenvalue weighted by atomic mass is 10.0. The second-order valence-electron chi connectivity index (χ2n) is 11.1. The molecule has 3 aliphatic rings. The van der Waals surface area contributed by atoms with Gasteiger partial charge in [-0.25, -0.2) is 6.57 Å². The highest BCUT2D eigenvalue weighted by Gasteiger charge is 2.35. The first-order valence-electron chi connectivity index (χ1n) is 14.4. The number of ether oxygens (including phenoxy) is 2. The molecule has 218 valence electrons. The van der Waals surface area contributed by atoms with E-state index in [2.05, 4.69) is 26.2 Å². The van der Waals surface area contributed by atoms with Crippen LogP contribution in [-0.4, -0.2) is 83.3 Å². The van der Waals surface area contributed by atoms with Gasteiger partial charge in [0.25, 0.3) is 0 Å². The average Bonchev–Trinajstić information content (AvgIpc) is 3.83. The Balaban J connectivity index is 1.32. The SMILES string of the molecule is [C-]#[N+]C[C@H]1CN(c2nc(OC[C@H](C)OC3CC3)nc3c2CCN(c2cncc4cccc(Cl)c24)C3)CCN1C(=O)C=C. The highest BCUT2D eigenvalue weighted by molar-refractivity contribution is 6.36. The van der Waals surface area contributed by atoms with Crippen molar-refractivity contribution in [3.05, 3.63) is 70.9 Å². The molecule has 0 bridgehead atoms. The second kappa shape index (κ2) is 12.1. The van der Waals surface area contributed by atoms with Gasteiger partial charge in [0, 0.05) is 48.7 Å². The Labute approximate surface area is 250 Å². The topological polar surface area (TPSA) is 88.3 Å². The summed E-state index contributed by atoms with van der Waals surface area (Å²) in [5.41, 5.74) is 2.91. The molecule has 2 aliphatic heterocycles. The fraction of sp³-hybridized carbons (Fsp3) is 0.452. The van der Waals surface area contributed by atoms with Gasteiger partial charge in [-0.1, -0.05) is 30.3 Å². The normalized spacial score (nSPS) is 19.3. The summed E-state index contributed by atoms with van der Waals surface area (Å²) < 4.78 is 12.1. The van der Waals surface area contributed by atoms with E-state index in [-0.39, 0.29) is 24.6 Å². The molecule has 1 aromatic carbocycles. The number of pyridine rings is 1. The Morgan fingerprint density at radius 3 is 2.88 bits per heavy atom. The average molecular weight is 588 g/mol. The van der Waals surface area contributed by atoms with Crippen molar-refractivity contribution in [2.75, 3.05) is 49.1 Å². The molecule has 10 nitrogen and oxygen atoms in total. The molecular formula is C31H34ClN7O3. The van der Waals surface area contributed by atoms with Gasteiger partial charge >= 0.3 is 6.01 Å². The summed E-state index contributed by atoms with van der Waals surface area (Å²) in [5.74, 6) is 0.653. The van der Waals surface area contributed by atoms with Gasteiger partial charge in [0.05, 0.1) is 41.4 Å². The van der Waals surface area contributed by atoms with E-state index in [0.717, 1.165) is 52.9 Å². The van der Waals surface area contributed by atoms with E-state index < -0.39 is 0 Å². The van der Waals surface area contributed by atoms with E-state index in [9.17, 15) is 4.79 Å². The van der Waals surface area contributed by atoms with Crippen molar-refractivity contribution in [1.82, 2.24) is 19.9 Å². The minimum absolute atomic E-state index is 0.0718. The van der Waals surface area contributed by atoms with Gasteiger partial charge in [0.1, 0.15) is 18.5 Å². The van der Waals surface area contributed by atoms with Crippen LogP contribution in [0.5, 0.6) is 6.01 Å². The number of anilines is 2. The molecular weight excluding hydrogens is 554 g/mol. The van der Waals surface area contributed by atoms with E-state index in [1.165, 1.54) is 6.08 Å². The number of carbonyl (C=O) groups excluding carboxylic acids is 1. The molecule has 3 aromatic rings. The lowest BCUT2D eigenvalue weighted by Crippen LogP contribution is -2.56. The summed E-state index contributed by atoms with van der Waals surface area (Å²) in [4.78, 5) is 36.6. The molecule has 0 N–H and O–H groups in total. The predicted octanol–water partition coefficient (Wildman–Crippen LogP) is 4.31. The van der Waals surface area contributed by atoms with Crippen molar-refractivity contribution in [3.8, 4) is 6.01 Å². The quantitative estimate of drug-likeness (QED) is 0.270. The lowest BCUT2D eigenvalue weighted by Gasteiger charge is -2.41. The Bertz CT molecular complexity index is 1530. The maximum atomic E-state index is 12.5. The summed E-state index contributed by atoms with van der Waals surface area (Å²) in [6.45, 7) is 16.5. The summed E-state index contributed by atoms with van der Waals surface area (Å²) in [7, 11) is 0. The monoisotopic (exact) mass is 587 g/mol. The van der Waals surface area contributed by atoms with Gasteiger partial charge < -0.3 is 29.0 Å². The van der Waals surface area contributed by atoms with Gasteiger partial charge in [0.15, 0.2) is 0 Å². The molecule has 2 atom stereocenters. The Morgan fingerprint density at radius 2 is 2.10 bits per heavy atom. The zero-order valence-corrected chi connectivity index (χ0v) is 24.5. The van der Waals surface area contributed by atoms with Gasteiger partial charge in [-0.05, 0) is 38.3 Å².